The van der Waals surface area contributed by atoms with Gasteiger partial charge in [0.25, 0.3) is 0 Å². The van der Waals surface area contributed by atoms with E-state index in [-0.39, 0.29) is 5.41 Å². The average molecular weight is 509 g/mol. The maximum absolute atomic E-state index is 3.45. The van der Waals surface area contributed by atoms with E-state index in [0.29, 0.717) is 0 Å². The standard InChI is InChI=1S/C40H28/c1-40(2,3)33-25-24-31(16-8-7-15-29-13-5-4-6-14-29)32(28-33)23-21-30-22-26-38-36-19-10-9-17-34(36)35-18-11-12-20-37(35)39(38)27-30/h4-6,9-14,17-20,22,24-28H,1-3H3. The molecule has 6 aromatic rings. The molecule has 0 heteroatoms. The number of fused-ring (bicyclic) bond motifs is 6. The van der Waals surface area contributed by atoms with Gasteiger partial charge in [0.2, 0.25) is 0 Å². The quantitative estimate of drug-likeness (QED) is 0.142. The molecule has 6 rings (SSSR count). The molecule has 6 aromatic carbocycles. The van der Waals surface area contributed by atoms with E-state index >= 15 is 0 Å². The lowest BCUT2D eigenvalue weighted by Crippen LogP contribution is -2.11. The zero-order valence-electron chi connectivity index (χ0n) is 23.0. The smallest absolute Gasteiger partial charge is 0.0412 e. The van der Waals surface area contributed by atoms with Crippen LogP contribution in [-0.4, -0.2) is 0 Å². The minimum Gasteiger partial charge on any atom is -0.0622 e. The SMILES string of the molecule is CC(C)(C)c1ccc(C#CC#Cc2ccccc2)c(C#Cc2ccc3c4ccccc4c4ccccc4c3c2)c1. The van der Waals surface area contributed by atoms with Crippen LogP contribution < -0.4 is 0 Å². The fourth-order valence-corrected chi connectivity index (χ4v) is 5.07. The number of hydrogen-bond donors (Lipinski definition) is 0. The summed E-state index contributed by atoms with van der Waals surface area (Å²) in [7, 11) is 0. The number of benzene rings is 6. The van der Waals surface area contributed by atoms with Gasteiger partial charge in [-0.3, -0.25) is 0 Å². The Hall–Kier alpha value is -5.22. The van der Waals surface area contributed by atoms with E-state index in [1.54, 1.807) is 0 Å². The third-order valence-corrected chi connectivity index (χ3v) is 7.21. The highest BCUT2D eigenvalue weighted by atomic mass is 14.2. The Labute approximate surface area is 236 Å². The molecule has 0 saturated carbocycles. The van der Waals surface area contributed by atoms with Crippen molar-refractivity contribution in [3.8, 4) is 35.5 Å². The highest BCUT2D eigenvalue weighted by molar-refractivity contribution is 6.25. The zero-order valence-corrected chi connectivity index (χ0v) is 23.0. The van der Waals surface area contributed by atoms with E-state index < -0.39 is 0 Å². The molecule has 0 aliphatic heterocycles. The lowest BCUT2D eigenvalue weighted by Gasteiger charge is -2.19. The van der Waals surface area contributed by atoms with Crippen molar-refractivity contribution < 1.29 is 0 Å². The molecule has 0 heterocycles. The molecule has 0 radical (unpaired) electrons. The first-order valence-corrected chi connectivity index (χ1v) is 13.5. The topological polar surface area (TPSA) is 0 Å². The van der Waals surface area contributed by atoms with Crippen molar-refractivity contribution in [2.75, 3.05) is 0 Å². The maximum atomic E-state index is 3.45. The fraction of sp³-hybridized carbons (Fsp3) is 0.100. The molecule has 0 aliphatic rings. The van der Waals surface area contributed by atoms with Gasteiger partial charge in [-0.25, -0.2) is 0 Å². The third-order valence-electron chi connectivity index (χ3n) is 7.21. The molecule has 188 valence electrons. The fourth-order valence-electron chi connectivity index (χ4n) is 5.07. The van der Waals surface area contributed by atoms with Gasteiger partial charge in [0.1, 0.15) is 0 Å². The summed E-state index contributed by atoms with van der Waals surface area (Å²) in [6, 6.07) is 40.1. The summed E-state index contributed by atoms with van der Waals surface area (Å²) in [6.45, 7) is 6.65. The van der Waals surface area contributed by atoms with Crippen LogP contribution in [0.4, 0.5) is 0 Å². The van der Waals surface area contributed by atoms with E-state index in [1.165, 1.54) is 37.9 Å². The normalized spacial score (nSPS) is 10.8. The van der Waals surface area contributed by atoms with Crippen LogP contribution in [0.25, 0.3) is 32.3 Å². The van der Waals surface area contributed by atoms with Crippen molar-refractivity contribution in [1.29, 1.82) is 0 Å². The van der Waals surface area contributed by atoms with Crippen LogP contribution in [0.3, 0.4) is 0 Å². The molecule has 0 spiro atoms. The third kappa shape index (κ3) is 5.07. The van der Waals surface area contributed by atoms with Gasteiger partial charge in [0.05, 0.1) is 0 Å². The summed E-state index contributed by atoms with van der Waals surface area (Å²) in [6.07, 6.45) is 0. The molecular formula is C40H28. The van der Waals surface area contributed by atoms with Gasteiger partial charge in [-0.2, -0.15) is 0 Å². The minimum absolute atomic E-state index is 0.0123. The number of rotatable bonds is 0. The van der Waals surface area contributed by atoms with E-state index in [4.69, 9.17) is 0 Å². The number of hydrogen-bond acceptors (Lipinski definition) is 0. The predicted octanol–water partition coefficient (Wildman–Crippen LogP) is 9.25. The first kappa shape index (κ1) is 25.1. The molecule has 0 unspecified atom stereocenters. The Balaban J connectivity index is 1.45. The first-order chi connectivity index (χ1) is 19.5. The van der Waals surface area contributed by atoms with Crippen molar-refractivity contribution in [2.45, 2.75) is 26.2 Å². The predicted molar refractivity (Wildman–Crippen MR) is 170 cm³/mol. The summed E-state index contributed by atoms with van der Waals surface area (Å²) in [5.74, 6) is 19.3. The molecule has 0 bridgehead atoms. The monoisotopic (exact) mass is 508 g/mol. The summed E-state index contributed by atoms with van der Waals surface area (Å²) in [4.78, 5) is 0. The van der Waals surface area contributed by atoms with Crippen LogP contribution in [0.5, 0.6) is 0 Å². The Morgan fingerprint density at radius 2 is 0.975 bits per heavy atom. The van der Waals surface area contributed by atoms with Crippen molar-refractivity contribution >= 4 is 32.3 Å². The van der Waals surface area contributed by atoms with Gasteiger partial charge >= 0.3 is 0 Å². The van der Waals surface area contributed by atoms with E-state index in [2.05, 4.69) is 141 Å². The molecular weight excluding hydrogens is 480 g/mol. The first-order valence-electron chi connectivity index (χ1n) is 13.5. The van der Waals surface area contributed by atoms with Crippen molar-refractivity contribution in [2.24, 2.45) is 0 Å². The minimum atomic E-state index is 0.0123. The van der Waals surface area contributed by atoms with Gasteiger partial charge < -0.3 is 0 Å². The molecule has 0 nitrogen and oxygen atoms in total. The van der Waals surface area contributed by atoms with Crippen LogP contribution in [-0.2, 0) is 5.41 Å². The van der Waals surface area contributed by atoms with E-state index in [1.807, 2.05) is 30.3 Å². The molecule has 0 fully saturated rings. The Morgan fingerprint density at radius 1 is 0.400 bits per heavy atom. The average Bonchev–Trinajstić information content (AvgIpc) is 2.98. The van der Waals surface area contributed by atoms with Gasteiger partial charge in [-0.1, -0.05) is 123 Å². The van der Waals surface area contributed by atoms with E-state index in [0.717, 1.165) is 22.3 Å². The van der Waals surface area contributed by atoms with Crippen LogP contribution in [0.15, 0.2) is 115 Å². The van der Waals surface area contributed by atoms with Crippen LogP contribution in [0.2, 0.25) is 0 Å². The summed E-state index contributed by atoms with van der Waals surface area (Å²) in [5, 5.41) is 7.53. The van der Waals surface area contributed by atoms with Gasteiger partial charge in [0, 0.05) is 22.3 Å². The van der Waals surface area contributed by atoms with Crippen LogP contribution in [0.1, 0.15) is 48.6 Å². The molecule has 0 amide bonds. The lowest BCUT2D eigenvalue weighted by molar-refractivity contribution is 0.590. The van der Waals surface area contributed by atoms with Crippen LogP contribution >= 0.6 is 0 Å². The van der Waals surface area contributed by atoms with Crippen molar-refractivity contribution in [3.63, 3.8) is 0 Å². The summed E-state index contributed by atoms with van der Waals surface area (Å²) < 4.78 is 0. The molecule has 40 heavy (non-hydrogen) atoms. The second-order valence-corrected chi connectivity index (χ2v) is 11.0. The summed E-state index contributed by atoms with van der Waals surface area (Å²) >= 11 is 0. The van der Waals surface area contributed by atoms with Gasteiger partial charge in [-0.05, 0) is 91.5 Å². The zero-order chi connectivity index (χ0) is 27.5. The second-order valence-electron chi connectivity index (χ2n) is 11.0. The molecule has 0 N–H and O–H groups in total. The lowest BCUT2D eigenvalue weighted by atomic mass is 9.85. The molecule has 0 atom stereocenters. The Kier molecular flexibility index (Phi) is 6.59. The highest BCUT2D eigenvalue weighted by Gasteiger charge is 2.15. The van der Waals surface area contributed by atoms with Crippen LogP contribution in [0, 0.1) is 35.5 Å². The van der Waals surface area contributed by atoms with E-state index in [9.17, 15) is 0 Å². The Bertz CT molecular complexity index is 2050. The molecule has 0 saturated heterocycles. The highest BCUT2D eigenvalue weighted by Crippen LogP contribution is 2.35. The summed E-state index contributed by atoms with van der Waals surface area (Å²) in [5.41, 5.74) is 4.99. The molecule has 0 aliphatic carbocycles. The second kappa shape index (κ2) is 10.5. The van der Waals surface area contributed by atoms with Crippen molar-refractivity contribution in [3.05, 3.63) is 143 Å². The van der Waals surface area contributed by atoms with Gasteiger partial charge in [0.15, 0.2) is 0 Å². The molecule has 0 aromatic heterocycles. The van der Waals surface area contributed by atoms with Crippen molar-refractivity contribution in [1.82, 2.24) is 0 Å². The largest absolute Gasteiger partial charge is 0.0622 e. The maximum Gasteiger partial charge on any atom is 0.0412 e. The Morgan fingerprint density at radius 3 is 1.62 bits per heavy atom. The van der Waals surface area contributed by atoms with Gasteiger partial charge in [-0.15, -0.1) is 0 Å².